The molecule has 0 aliphatic rings. The van der Waals surface area contributed by atoms with E-state index in [-0.39, 0.29) is 12.5 Å². The summed E-state index contributed by atoms with van der Waals surface area (Å²) >= 11 is 1.60. The molecule has 0 unspecified atom stereocenters. The fourth-order valence-electron chi connectivity index (χ4n) is 2.23. The van der Waals surface area contributed by atoms with Crippen molar-refractivity contribution >= 4 is 34.7 Å². The average Bonchev–Trinajstić information content (AvgIpc) is 3.07. The van der Waals surface area contributed by atoms with Gasteiger partial charge in [-0.3, -0.25) is 9.59 Å². The topological polar surface area (TPSA) is 84.1 Å². The van der Waals surface area contributed by atoms with E-state index in [2.05, 4.69) is 20.0 Å². The predicted molar refractivity (Wildman–Crippen MR) is 96.4 cm³/mol. The van der Waals surface area contributed by atoms with Crippen LogP contribution in [0.1, 0.15) is 15.9 Å². The van der Waals surface area contributed by atoms with E-state index < -0.39 is 5.97 Å². The third kappa shape index (κ3) is 4.39. The van der Waals surface area contributed by atoms with Gasteiger partial charge in [-0.1, -0.05) is 36.0 Å². The quantitative estimate of drug-likeness (QED) is 0.525. The zero-order valence-corrected chi connectivity index (χ0v) is 14.4. The molecule has 2 N–H and O–H groups in total. The molecule has 0 aliphatic heterocycles. The summed E-state index contributed by atoms with van der Waals surface area (Å²) in [5.74, 6) is -0.0433. The van der Waals surface area contributed by atoms with Gasteiger partial charge in [-0.2, -0.15) is 0 Å². The van der Waals surface area contributed by atoms with Crippen LogP contribution < -0.4 is 5.32 Å². The van der Waals surface area contributed by atoms with Crippen LogP contribution in [-0.2, 0) is 15.3 Å². The lowest BCUT2D eigenvalue weighted by atomic mass is 10.1. The van der Waals surface area contributed by atoms with Crippen molar-refractivity contribution < 1.29 is 14.3 Å². The molecule has 0 saturated carbocycles. The molecule has 0 radical (unpaired) electrons. The molecule has 0 spiro atoms. The van der Waals surface area contributed by atoms with Crippen molar-refractivity contribution in [2.45, 2.75) is 10.9 Å². The Hall–Kier alpha value is -2.80. The molecule has 0 aliphatic carbocycles. The first-order chi connectivity index (χ1) is 12.2. The highest BCUT2D eigenvalue weighted by Crippen LogP contribution is 2.23. The van der Waals surface area contributed by atoms with Crippen LogP contribution in [0.15, 0.2) is 53.7 Å². The van der Waals surface area contributed by atoms with Gasteiger partial charge in [-0.25, -0.2) is 4.98 Å². The second-order valence-corrected chi connectivity index (χ2v) is 6.27. The lowest BCUT2D eigenvalue weighted by Crippen LogP contribution is -2.30. The van der Waals surface area contributed by atoms with Gasteiger partial charge in [-0.05, 0) is 29.8 Å². The number of rotatable bonds is 6. The fraction of sp³-hybridized carbons (Fsp3) is 0.167. The van der Waals surface area contributed by atoms with E-state index in [1.165, 1.54) is 7.11 Å². The molecule has 3 rings (SSSR count). The summed E-state index contributed by atoms with van der Waals surface area (Å²) in [4.78, 5) is 30.7. The van der Waals surface area contributed by atoms with Crippen LogP contribution in [0.5, 0.6) is 0 Å². The number of hydrogen-bond acceptors (Lipinski definition) is 5. The summed E-state index contributed by atoms with van der Waals surface area (Å²) in [7, 11) is 1.28. The average molecular weight is 355 g/mol. The highest BCUT2D eigenvalue weighted by Gasteiger charge is 2.08. The first kappa shape index (κ1) is 17.0. The monoisotopic (exact) mass is 355 g/mol. The van der Waals surface area contributed by atoms with E-state index in [1.54, 1.807) is 23.9 Å². The molecular formula is C18H17N3O3S. The minimum Gasteiger partial charge on any atom is -0.468 e. The van der Waals surface area contributed by atoms with Gasteiger partial charge in [0.2, 0.25) is 0 Å². The Balaban J connectivity index is 1.57. The van der Waals surface area contributed by atoms with Gasteiger partial charge in [0.1, 0.15) is 6.54 Å². The number of nitrogens with one attached hydrogen (secondary N) is 2. The second kappa shape index (κ2) is 7.85. The summed E-state index contributed by atoms with van der Waals surface area (Å²) in [6, 6.07) is 15.2. The van der Waals surface area contributed by atoms with E-state index in [4.69, 9.17) is 0 Å². The third-order valence-electron chi connectivity index (χ3n) is 3.58. The number of H-pyrrole nitrogens is 1. The Morgan fingerprint density at radius 3 is 2.64 bits per heavy atom. The number of nitrogens with zero attached hydrogens (tertiary/aromatic N) is 1. The summed E-state index contributed by atoms with van der Waals surface area (Å²) in [6.07, 6.45) is 0. The summed E-state index contributed by atoms with van der Waals surface area (Å²) in [5, 5.41) is 3.37. The van der Waals surface area contributed by atoms with Crippen LogP contribution in [-0.4, -0.2) is 35.5 Å². The number of carbonyl (C=O) groups is 2. The smallest absolute Gasteiger partial charge is 0.325 e. The SMILES string of the molecule is COC(=O)CNC(=O)c1ccc(CSc2nc3ccccc3[nH]2)cc1. The standard InChI is InChI=1S/C18H17N3O3S/c1-24-16(22)10-19-17(23)13-8-6-12(7-9-13)11-25-18-20-14-4-2-3-5-15(14)21-18/h2-9H,10-11H2,1H3,(H,19,23)(H,20,21). The number of aromatic nitrogens is 2. The molecule has 1 heterocycles. The largest absolute Gasteiger partial charge is 0.468 e. The minimum absolute atomic E-state index is 0.140. The van der Waals surface area contributed by atoms with Crippen molar-refractivity contribution in [2.24, 2.45) is 0 Å². The van der Waals surface area contributed by atoms with Gasteiger partial charge in [0.05, 0.1) is 18.1 Å². The summed E-state index contributed by atoms with van der Waals surface area (Å²) in [6.45, 7) is -0.140. The molecule has 6 nitrogen and oxygen atoms in total. The number of benzene rings is 2. The molecule has 0 saturated heterocycles. The van der Waals surface area contributed by atoms with Crippen LogP contribution >= 0.6 is 11.8 Å². The maximum atomic E-state index is 11.9. The van der Waals surface area contributed by atoms with Crippen LogP contribution in [0.25, 0.3) is 11.0 Å². The van der Waals surface area contributed by atoms with Crippen molar-refractivity contribution in [1.82, 2.24) is 15.3 Å². The number of para-hydroxylation sites is 2. The zero-order chi connectivity index (χ0) is 17.6. The molecule has 1 aromatic heterocycles. The molecule has 1 amide bonds. The number of amides is 1. The molecular weight excluding hydrogens is 338 g/mol. The van der Waals surface area contributed by atoms with E-state index in [0.29, 0.717) is 5.56 Å². The number of imidazole rings is 1. The number of fused-ring (bicyclic) bond motifs is 1. The lowest BCUT2D eigenvalue weighted by molar-refractivity contribution is -0.139. The zero-order valence-electron chi connectivity index (χ0n) is 13.6. The van der Waals surface area contributed by atoms with Crippen molar-refractivity contribution in [3.05, 3.63) is 59.7 Å². The number of aromatic amines is 1. The van der Waals surface area contributed by atoms with Crippen LogP contribution in [0.4, 0.5) is 0 Å². The Morgan fingerprint density at radius 2 is 1.92 bits per heavy atom. The van der Waals surface area contributed by atoms with E-state index in [9.17, 15) is 9.59 Å². The Morgan fingerprint density at radius 1 is 1.16 bits per heavy atom. The van der Waals surface area contributed by atoms with Gasteiger partial charge in [0, 0.05) is 11.3 Å². The second-order valence-electron chi connectivity index (χ2n) is 5.30. The molecule has 7 heteroatoms. The maximum Gasteiger partial charge on any atom is 0.325 e. The van der Waals surface area contributed by atoms with Crippen molar-refractivity contribution in [1.29, 1.82) is 0 Å². The van der Waals surface area contributed by atoms with Gasteiger partial charge in [0.15, 0.2) is 5.16 Å². The number of esters is 1. The van der Waals surface area contributed by atoms with E-state index in [0.717, 1.165) is 27.5 Å². The fourth-order valence-corrected chi connectivity index (χ4v) is 3.07. The molecule has 0 bridgehead atoms. The van der Waals surface area contributed by atoms with Crippen molar-refractivity contribution in [3.8, 4) is 0 Å². The maximum absolute atomic E-state index is 11.9. The first-order valence-corrected chi connectivity index (χ1v) is 8.66. The first-order valence-electron chi connectivity index (χ1n) is 7.67. The number of methoxy groups -OCH3 is 1. The Kier molecular flexibility index (Phi) is 5.35. The summed E-state index contributed by atoms with van der Waals surface area (Å²) in [5.41, 5.74) is 3.54. The van der Waals surface area contributed by atoms with Gasteiger partial charge in [0.25, 0.3) is 5.91 Å². The van der Waals surface area contributed by atoms with Crippen LogP contribution in [0.2, 0.25) is 0 Å². The molecule has 0 fully saturated rings. The number of thioether (sulfide) groups is 1. The normalized spacial score (nSPS) is 10.6. The number of ether oxygens (including phenoxy) is 1. The Bertz CT molecular complexity index is 857. The van der Waals surface area contributed by atoms with Gasteiger partial charge in [-0.15, -0.1) is 0 Å². The highest BCUT2D eigenvalue weighted by atomic mass is 32.2. The van der Waals surface area contributed by atoms with Crippen LogP contribution in [0.3, 0.4) is 0 Å². The number of carbonyl (C=O) groups excluding carboxylic acids is 2. The van der Waals surface area contributed by atoms with Gasteiger partial charge >= 0.3 is 5.97 Å². The number of hydrogen-bond donors (Lipinski definition) is 2. The van der Waals surface area contributed by atoms with Crippen molar-refractivity contribution in [3.63, 3.8) is 0 Å². The highest BCUT2D eigenvalue weighted by molar-refractivity contribution is 7.98. The molecule has 25 heavy (non-hydrogen) atoms. The van der Waals surface area contributed by atoms with Crippen LogP contribution in [0, 0.1) is 0 Å². The third-order valence-corrected chi connectivity index (χ3v) is 4.52. The predicted octanol–water partition coefficient (Wildman–Crippen LogP) is 2.76. The van der Waals surface area contributed by atoms with E-state index in [1.807, 2.05) is 36.4 Å². The van der Waals surface area contributed by atoms with Crippen molar-refractivity contribution in [2.75, 3.05) is 13.7 Å². The Labute approximate surface area is 149 Å². The minimum atomic E-state index is -0.479. The molecule has 128 valence electrons. The van der Waals surface area contributed by atoms with Gasteiger partial charge < -0.3 is 15.0 Å². The molecule has 3 aromatic rings. The van der Waals surface area contributed by atoms with E-state index >= 15 is 0 Å². The summed E-state index contributed by atoms with van der Waals surface area (Å²) < 4.78 is 4.49. The molecule has 2 aromatic carbocycles. The lowest BCUT2D eigenvalue weighted by Gasteiger charge is -2.05. The molecule has 0 atom stereocenters.